The van der Waals surface area contributed by atoms with Crippen LogP contribution in [0.2, 0.25) is 0 Å². The van der Waals surface area contributed by atoms with Crippen molar-refractivity contribution in [2.24, 2.45) is 0 Å². The number of nitrogens with one attached hydrogen (secondary N) is 1. The second-order valence-electron chi connectivity index (χ2n) is 5.50. The van der Waals surface area contributed by atoms with Gasteiger partial charge >= 0.3 is 0 Å². The monoisotopic (exact) mass is 285 g/mol. The van der Waals surface area contributed by atoms with E-state index in [2.05, 4.69) is 4.98 Å². The zero-order valence-corrected chi connectivity index (χ0v) is 12.2. The average Bonchev–Trinajstić information content (AvgIpc) is 2.56. The highest BCUT2D eigenvalue weighted by Gasteiger charge is 2.23. The van der Waals surface area contributed by atoms with E-state index in [0.717, 1.165) is 6.07 Å². The normalized spacial score (nSPS) is 12.6. The standard InChI is InChI=1S/C13H17F2N3S/c1-13(2,17(3)4)7-18-10-6-8(14)5-9(15)11(10)16-12(18)19/h5-6H,7H2,1-4H3,(H,16,19). The fraction of sp³-hybridized carbons (Fsp3) is 0.462. The van der Waals surface area contributed by atoms with Crippen molar-refractivity contribution < 1.29 is 8.78 Å². The Hall–Kier alpha value is -1.27. The van der Waals surface area contributed by atoms with Crippen LogP contribution < -0.4 is 0 Å². The van der Waals surface area contributed by atoms with E-state index in [0.29, 0.717) is 16.8 Å². The summed E-state index contributed by atoms with van der Waals surface area (Å²) >= 11 is 5.21. The van der Waals surface area contributed by atoms with Crippen LogP contribution in [0.3, 0.4) is 0 Å². The molecule has 3 nitrogen and oxygen atoms in total. The minimum absolute atomic E-state index is 0.184. The fourth-order valence-corrected chi connectivity index (χ4v) is 2.13. The molecule has 0 spiro atoms. The van der Waals surface area contributed by atoms with Crippen LogP contribution in [0.1, 0.15) is 13.8 Å². The van der Waals surface area contributed by atoms with Crippen LogP contribution in [0.15, 0.2) is 12.1 Å². The largest absolute Gasteiger partial charge is 0.328 e. The lowest BCUT2D eigenvalue weighted by molar-refractivity contribution is 0.170. The zero-order valence-electron chi connectivity index (χ0n) is 11.4. The highest BCUT2D eigenvalue weighted by molar-refractivity contribution is 7.71. The van der Waals surface area contributed by atoms with Crippen LogP contribution in [-0.4, -0.2) is 34.1 Å². The summed E-state index contributed by atoms with van der Waals surface area (Å²) in [5.41, 5.74) is 0.522. The van der Waals surface area contributed by atoms with Gasteiger partial charge in [-0.25, -0.2) is 8.78 Å². The molecule has 0 unspecified atom stereocenters. The highest BCUT2D eigenvalue weighted by Crippen LogP contribution is 2.22. The molecule has 2 aromatic rings. The van der Waals surface area contributed by atoms with Crippen LogP contribution in [0.4, 0.5) is 8.78 Å². The van der Waals surface area contributed by atoms with Gasteiger partial charge in [-0.15, -0.1) is 0 Å². The summed E-state index contributed by atoms with van der Waals surface area (Å²) in [6, 6.07) is 2.16. The highest BCUT2D eigenvalue weighted by atomic mass is 32.1. The predicted molar refractivity (Wildman–Crippen MR) is 74.8 cm³/mol. The van der Waals surface area contributed by atoms with Gasteiger partial charge in [-0.05, 0) is 46.2 Å². The van der Waals surface area contributed by atoms with E-state index in [1.807, 2.05) is 32.8 Å². The van der Waals surface area contributed by atoms with E-state index in [1.54, 1.807) is 4.57 Å². The van der Waals surface area contributed by atoms with Crippen molar-refractivity contribution in [3.8, 4) is 0 Å². The number of hydrogen-bond donors (Lipinski definition) is 1. The number of aromatic nitrogens is 2. The number of benzene rings is 1. The van der Waals surface area contributed by atoms with E-state index in [1.165, 1.54) is 6.07 Å². The molecule has 0 fully saturated rings. The number of hydrogen-bond acceptors (Lipinski definition) is 2. The molecule has 0 amide bonds. The van der Waals surface area contributed by atoms with Gasteiger partial charge in [-0.2, -0.15) is 0 Å². The van der Waals surface area contributed by atoms with Crippen molar-refractivity contribution >= 4 is 23.3 Å². The van der Waals surface area contributed by atoms with E-state index < -0.39 is 11.6 Å². The molecule has 1 N–H and O–H groups in total. The second-order valence-corrected chi connectivity index (χ2v) is 5.89. The van der Waals surface area contributed by atoms with Crippen molar-refractivity contribution in [3.63, 3.8) is 0 Å². The Morgan fingerprint density at radius 1 is 1.32 bits per heavy atom. The first-order chi connectivity index (χ1) is 8.72. The SMILES string of the molecule is CN(C)C(C)(C)Cn1c(=S)[nH]c2c(F)cc(F)cc21. The maximum atomic E-state index is 13.7. The molecule has 104 valence electrons. The molecule has 19 heavy (non-hydrogen) atoms. The molecule has 0 aliphatic rings. The summed E-state index contributed by atoms with van der Waals surface area (Å²) in [5, 5.41) is 0. The van der Waals surface area contributed by atoms with Gasteiger partial charge in [0.25, 0.3) is 0 Å². The predicted octanol–water partition coefficient (Wildman–Crippen LogP) is 3.32. The minimum atomic E-state index is -0.623. The van der Waals surface area contributed by atoms with Crippen LogP contribution in [-0.2, 0) is 6.54 Å². The Bertz CT molecular complexity index is 670. The lowest BCUT2D eigenvalue weighted by atomic mass is 10.0. The Balaban J connectivity index is 2.61. The van der Waals surface area contributed by atoms with Gasteiger partial charge in [0.15, 0.2) is 10.6 Å². The lowest BCUT2D eigenvalue weighted by Crippen LogP contribution is -2.42. The van der Waals surface area contributed by atoms with Crippen molar-refractivity contribution in [3.05, 3.63) is 28.5 Å². The molecule has 1 aromatic carbocycles. The summed E-state index contributed by atoms with van der Waals surface area (Å²) < 4.78 is 29.2. The number of likely N-dealkylation sites (N-methyl/N-ethyl adjacent to an activating group) is 1. The molecule has 0 saturated heterocycles. The zero-order chi connectivity index (χ0) is 14.4. The molecule has 0 saturated carbocycles. The van der Waals surface area contributed by atoms with E-state index in [9.17, 15) is 8.78 Å². The Morgan fingerprint density at radius 3 is 2.53 bits per heavy atom. The van der Waals surface area contributed by atoms with E-state index in [4.69, 9.17) is 12.2 Å². The van der Waals surface area contributed by atoms with Crippen LogP contribution in [0.25, 0.3) is 11.0 Å². The summed E-state index contributed by atoms with van der Waals surface area (Å²) in [4.78, 5) is 4.85. The Kier molecular flexibility index (Phi) is 3.49. The van der Waals surface area contributed by atoms with E-state index >= 15 is 0 Å². The number of nitrogens with zero attached hydrogens (tertiary/aromatic N) is 2. The minimum Gasteiger partial charge on any atom is -0.328 e. The number of imidazole rings is 1. The van der Waals surface area contributed by atoms with Gasteiger partial charge in [0, 0.05) is 18.2 Å². The third-order valence-electron chi connectivity index (χ3n) is 3.56. The van der Waals surface area contributed by atoms with Gasteiger partial charge in [0.2, 0.25) is 0 Å². The molecule has 0 bridgehead atoms. The van der Waals surface area contributed by atoms with Crippen LogP contribution in [0.5, 0.6) is 0 Å². The first-order valence-corrected chi connectivity index (χ1v) is 6.38. The molecule has 6 heteroatoms. The Morgan fingerprint density at radius 2 is 1.95 bits per heavy atom. The maximum Gasteiger partial charge on any atom is 0.178 e. The Labute approximate surface area is 115 Å². The molecule has 0 atom stereocenters. The summed E-state index contributed by atoms with van der Waals surface area (Å²) in [7, 11) is 3.92. The van der Waals surface area contributed by atoms with Gasteiger partial charge in [0.05, 0.1) is 5.52 Å². The van der Waals surface area contributed by atoms with Gasteiger partial charge in [-0.1, -0.05) is 0 Å². The molecule has 1 aromatic heterocycles. The molecule has 2 rings (SSSR count). The lowest BCUT2D eigenvalue weighted by Gasteiger charge is -2.33. The van der Waals surface area contributed by atoms with Crippen molar-refractivity contribution in [1.82, 2.24) is 14.5 Å². The number of H-pyrrole nitrogens is 1. The molecule has 0 aliphatic heterocycles. The molecule has 0 aliphatic carbocycles. The quantitative estimate of drug-likeness (QED) is 0.875. The molecular formula is C13H17F2N3S. The number of rotatable bonds is 3. The van der Waals surface area contributed by atoms with Gasteiger partial charge < -0.3 is 14.5 Å². The smallest absolute Gasteiger partial charge is 0.178 e. The number of fused-ring (bicyclic) bond motifs is 1. The first kappa shape index (κ1) is 14.1. The fourth-order valence-electron chi connectivity index (χ4n) is 1.87. The van der Waals surface area contributed by atoms with Crippen molar-refractivity contribution in [1.29, 1.82) is 0 Å². The van der Waals surface area contributed by atoms with Crippen molar-refractivity contribution in [2.45, 2.75) is 25.9 Å². The second kappa shape index (κ2) is 4.68. The van der Waals surface area contributed by atoms with Gasteiger partial charge in [0.1, 0.15) is 11.3 Å². The molecular weight excluding hydrogens is 268 g/mol. The van der Waals surface area contributed by atoms with E-state index in [-0.39, 0.29) is 11.1 Å². The first-order valence-electron chi connectivity index (χ1n) is 5.97. The number of aromatic amines is 1. The third kappa shape index (κ3) is 2.55. The number of halogens is 2. The third-order valence-corrected chi connectivity index (χ3v) is 3.88. The summed E-state index contributed by atoms with van der Waals surface area (Å²) in [5.74, 6) is -1.22. The van der Waals surface area contributed by atoms with Gasteiger partial charge in [-0.3, -0.25) is 0 Å². The van der Waals surface area contributed by atoms with Crippen molar-refractivity contribution in [2.75, 3.05) is 14.1 Å². The van der Waals surface area contributed by atoms with Crippen LogP contribution >= 0.6 is 12.2 Å². The molecule has 1 heterocycles. The molecule has 0 radical (unpaired) electrons. The summed E-state index contributed by atoms with van der Waals surface area (Å²) in [6.07, 6.45) is 0. The topological polar surface area (TPSA) is 24.0 Å². The summed E-state index contributed by atoms with van der Waals surface area (Å²) in [6.45, 7) is 4.63. The van der Waals surface area contributed by atoms with Crippen LogP contribution in [0, 0.1) is 16.4 Å². The average molecular weight is 285 g/mol. The maximum absolute atomic E-state index is 13.7.